The average Bonchev–Trinajstić information content (AvgIpc) is 3.21. The number of amides is 1. The van der Waals surface area contributed by atoms with Gasteiger partial charge in [-0.3, -0.25) is 9.69 Å². The number of nitrogens with one attached hydrogen (secondary N) is 1. The number of aromatic nitrogens is 3. The van der Waals surface area contributed by atoms with Crippen molar-refractivity contribution >= 4 is 44.1 Å². The molecule has 3 heterocycles. The molecular weight excluding hydrogens is 496 g/mol. The number of halogens is 1. The van der Waals surface area contributed by atoms with Crippen molar-refractivity contribution in [3.63, 3.8) is 0 Å². The predicted octanol–water partition coefficient (Wildman–Crippen LogP) is 3.99. The minimum Gasteiger partial charge on any atom is -0.360 e. The van der Waals surface area contributed by atoms with Crippen LogP contribution in [0.3, 0.4) is 0 Å². The van der Waals surface area contributed by atoms with Gasteiger partial charge in [-0.25, -0.2) is 20.0 Å². The fraction of sp³-hybridized carbons (Fsp3) is 0.500. The van der Waals surface area contributed by atoms with Crippen molar-refractivity contribution in [2.45, 2.75) is 19.7 Å². The number of piperazine rings is 1. The number of rotatable bonds is 9. The highest BCUT2D eigenvalue weighted by Gasteiger charge is 2.25. The van der Waals surface area contributed by atoms with E-state index in [2.05, 4.69) is 55.5 Å². The Kier molecular flexibility index (Phi) is 8.57. The molecule has 1 amide bonds. The number of carbonyl (C=O) groups excluding carboxylic acids is 1. The molecule has 196 valence electrons. The Labute approximate surface area is 220 Å². The summed E-state index contributed by atoms with van der Waals surface area (Å²) in [5, 5.41) is 4.37. The molecule has 0 radical (unpaired) electrons. The molecule has 0 unspecified atom stereocenters. The first kappa shape index (κ1) is 26.9. The molecule has 2 aromatic heterocycles. The van der Waals surface area contributed by atoms with Gasteiger partial charge in [0, 0.05) is 55.3 Å². The number of nitrogens with zero attached hydrogens (tertiary/aromatic N) is 5. The Hall–Kier alpha value is -2.17. The van der Waals surface area contributed by atoms with E-state index in [0.29, 0.717) is 13.3 Å². The zero-order valence-electron chi connectivity index (χ0n) is 21.8. The van der Waals surface area contributed by atoms with E-state index in [0.717, 1.165) is 59.8 Å². The van der Waals surface area contributed by atoms with E-state index in [4.69, 9.17) is 16.3 Å². The van der Waals surface area contributed by atoms with Crippen molar-refractivity contribution in [1.29, 1.82) is 0 Å². The van der Waals surface area contributed by atoms with Crippen molar-refractivity contribution in [3.05, 3.63) is 41.9 Å². The van der Waals surface area contributed by atoms with E-state index < -0.39 is 10.0 Å². The molecule has 4 rings (SSSR count). The highest BCUT2D eigenvalue weighted by Crippen LogP contribution is 2.35. The molecule has 1 N–H and O–H groups in total. The number of benzene rings is 1. The van der Waals surface area contributed by atoms with Crippen molar-refractivity contribution in [2.24, 2.45) is 0 Å². The van der Waals surface area contributed by atoms with Crippen molar-refractivity contribution < 1.29 is 9.53 Å². The van der Waals surface area contributed by atoms with Gasteiger partial charge >= 0.3 is 0 Å². The fourth-order valence-electron chi connectivity index (χ4n) is 4.34. The van der Waals surface area contributed by atoms with Crippen molar-refractivity contribution in [1.82, 2.24) is 24.3 Å². The minimum atomic E-state index is -0.642. The molecule has 0 spiro atoms. The van der Waals surface area contributed by atoms with Crippen LogP contribution < -0.4 is 5.32 Å². The number of hydrogen-bond acceptors (Lipinski definition) is 6. The minimum absolute atomic E-state index is 0.0105. The lowest BCUT2D eigenvalue weighted by atomic mass is 10.1. The lowest BCUT2D eigenvalue weighted by molar-refractivity contribution is -0.121. The van der Waals surface area contributed by atoms with Crippen LogP contribution in [0, 0.1) is 0 Å². The Morgan fingerprint density at radius 2 is 1.94 bits per heavy atom. The molecule has 36 heavy (non-hydrogen) atoms. The summed E-state index contributed by atoms with van der Waals surface area (Å²) in [6.07, 6.45) is 10.5. The van der Waals surface area contributed by atoms with E-state index in [1.807, 2.05) is 37.4 Å². The standard InChI is InChI=1S/C26H37ClN6O2S/c1-19(32-13-11-31(2)12-14-32)25(34)29-23-8-6-7-20-21(22-9-10-28-26(27)30-22)17-33(24(20)23)18-35-15-16-36(3,4)5/h6-10,17,19H,11-16,18H2,1-5H3,(H,29,34)/t19-/m1/s1. The highest BCUT2D eigenvalue weighted by atomic mass is 35.5. The largest absolute Gasteiger partial charge is 0.360 e. The van der Waals surface area contributed by atoms with Gasteiger partial charge in [-0.05, 0) is 56.5 Å². The number of likely N-dealkylation sites (N-methyl/N-ethyl adjacent to an activating group) is 1. The predicted molar refractivity (Wildman–Crippen MR) is 151 cm³/mol. The first-order valence-electron chi connectivity index (χ1n) is 12.2. The van der Waals surface area contributed by atoms with Crippen LogP contribution in [0.4, 0.5) is 5.69 Å². The van der Waals surface area contributed by atoms with Gasteiger partial charge in [0.05, 0.1) is 29.5 Å². The molecule has 0 saturated carbocycles. The monoisotopic (exact) mass is 532 g/mol. The summed E-state index contributed by atoms with van der Waals surface area (Å²) < 4.78 is 8.14. The first-order valence-corrected chi connectivity index (χ1v) is 15.6. The molecule has 3 aromatic rings. The molecule has 0 bridgehead atoms. The Morgan fingerprint density at radius 1 is 1.19 bits per heavy atom. The molecule has 1 saturated heterocycles. The lowest BCUT2D eigenvalue weighted by Crippen LogP contribution is -2.51. The topological polar surface area (TPSA) is 75.5 Å². The number of para-hydroxylation sites is 1. The summed E-state index contributed by atoms with van der Waals surface area (Å²) in [5.41, 5.74) is 3.31. The molecule has 10 heteroatoms. The molecular formula is C26H37ClN6O2S. The molecule has 0 aliphatic carbocycles. The van der Waals surface area contributed by atoms with E-state index >= 15 is 0 Å². The van der Waals surface area contributed by atoms with Gasteiger partial charge in [-0.1, -0.05) is 12.1 Å². The summed E-state index contributed by atoms with van der Waals surface area (Å²) in [6.45, 7) is 6.74. The third kappa shape index (κ3) is 6.58. The van der Waals surface area contributed by atoms with Gasteiger partial charge in [0.25, 0.3) is 0 Å². The highest BCUT2D eigenvalue weighted by molar-refractivity contribution is 8.32. The van der Waals surface area contributed by atoms with Crippen LogP contribution >= 0.6 is 21.6 Å². The first-order chi connectivity index (χ1) is 17.1. The van der Waals surface area contributed by atoms with Crippen molar-refractivity contribution in [3.8, 4) is 11.3 Å². The maximum Gasteiger partial charge on any atom is 0.241 e. The molecule has 1 atom stereocenters. The Bertz CT molecular complexity index is 1200. The third-order valence-electron chi connectivity index (χ3n) is 6.59. The molecule has 1 aliphatic heterocycles. The second-order valence-corrected chi connectivity index (χ2v) is 15.2. The van der Waals surface area contributed by atoms with Crippen LogP contribution in [-0.2, 0) is 16.3 Å². The van der Waals surface area contributed by atoms with Gasteiger partial charge in [0.15, 0.2) is 0 Å². The number of fused-ring (bicyclic) bond motifs is 1. The van der Waals surface area contributed by atoms with E-state index in [9.17, 15) is 4.79 Å². The number of carbonyl (C=O) groups is 1. The lowest BCUT2D eigenvalue weighted by Gasteiger charge is -2.35. The van der Waals surface area contributed by atoms with Gasteiger partial charge in [-0.2, -0.15) is 0 Å². The van der Waals surface area contributed by atoms with Gasteiger partial charge in [0.2, 0.25) is 11.2 Å². The van der Waals surface area contributed by atoms with Crippen LogP contribution in [0.2, 0.25) is 5.28 Å². The second kappa shape index (κ2) is 11.5. The molecule has 1 aromatic carbocycles. The summed E-state index contributed by atoms with van der Waals surface area (Å²) in [6, 6.07) is 7.57. The normalized spacial score (nSPS) is 16.8. The summed E-state index contributed by atoms with van der Waals surface area (Å²) in [7, 11) is 1.47. The van der Waals surface area contributed by atoms with Crippen LogP contribution in [0.5, 0.6) is 0 Å². The van der Waals surface area contributed by atoms with Gasteiger partial charge < -0.3 is 19.5 Å². The van der Waals surface area contributed by atoms with E-state index in [1.165, 1.54) is 0 Å². The quantitative estimate of drug-likeness (QED) is 0.332. The smallest absolute Gasteiger partial charge is 0.241 e. The third-order valence-corrected chi connectivity index (χ3v) is 8.17. The number of ether oxygens (including phenoxy) is 1. The molecule has 1 aliphatic rings. The fourth-order valence-corrected chi connectivity index (χ4v) is 5.10. The second-order valence-electron chi connectivity index (χ2n) is 10.3. The summed E-state index contributed by atoms with van der Waals surface area (Å²) in [5.74, 6) is 1.02. The van der Waals surface area contributed by atoms with Gasteiger partial charge in [0.1, 0.15) is 6.73 Å². The zero-order chi connectivity index (χ0) is 25.9. The number of anilines is 1. The van der Waals surface area contributed by atoms with Crippen LogP contribution in [0.1, 0.15) is 6.92 Å². The Balaban J connectivity index is 1.64. The number of hydrogen-bond donors (Lipinski definition) is 1. The zero-order valence-corrected chi connectivity index (χ0v) is 23.4. The van der Waals surface area contributed by atoms with Crippen LogP contribution in [-0.4, -0.2) is 101 Å². The van der Waals surface area contributed by atoms with Crippen LogP contribution in [0.25, 0.3) is 22.2 Å². The van der Waals surface area contributed by atoms with Crippen molar-refractivity contribution in [2.75, 3.05) is 69.7 Å². The van der Waals surface area contributed by atoms with Crippen LogP contribution in [0.15, 0.2) is 36.7 Å². The van der Waals surface area contributed by atoms with Gasteiger partial charge in [-0.15, -0.1) is 0 Å². The molecule has 8 nitrogen and oxygen atoms in total. The summed E-state index contributed by atoms with van der Waals surface area (Å²) in [4.78, 5) is 26.3. The van der Waals surface area contributed by atoms with E-state index in [1.54, 1.807) is 6.20 Å². The SMILES string of the molecule is C[C@H](C(=O)Nc1cccc2c(-c3ccnc(Cl)n3)cn(COCCS(C)(C)C)c12)N1CCN(C)CC1. The maximum atomic E-state index is 13.3. The maximum absolute atomic E-state index is 13.3. The van der Waals surface area contributed by atoms with E-state index in [-0.39, 0.29) is 17.2 Å². The Morgan fingerprint density at radius 3 is 2.64 bits per heavy atom. The average molecular weight is 533 g/mol. The molecule has 1 fully saturated rings. The summed E-state index contributed by atoms with van der Waals surface area (Å²) >= 11 is 6.10.